The van der Waals surface area contributed by atoms with E-state index in [4.69, 9.17) is 0 Å². The third-order valence-electron chi connectivity index (χ3n) is 4.12. The van der Waals surface area contributed by atoms with Crippen LogP contribution in [0.4, 0.5) is 5.13 Å². The lowest BCUT2D eigenvalue weighted by atomic mass is 10.0. The molecule has 1 N–H and O–H groups in total. The third kappa shape index (κ3) is 3.96. The molecule has 0 unspecified atom stereocenters. The van der Waals surface area contributed by atoms with Crippen LogP contribution in [0.2, 0.25) is 0 Å². The van der Waals surface area contributed by atoms with Gasteiger partial charge in [-0.15, -0.1) is 11.3 Å². The molecule has 1 amide bonds. The van der Waals surface area contributed by atoms with Crippen LogP contribution >= 0.6 is 11.3 Å². The summed E-state index contributed by atoms with van der Waals surface area (Å²) in [5.41, 5.74) is 1.96. The maximum atomic E-state index is 12.9. The van der Waals surface area contributed by atoms with E-state index in [1.54, 1.807) is 0 Å². The molecular formula is C17H22N4OS. The van der Waals surface area contributed by atoms with Crippen LogP contribution in [-0.4, -0.2) is 53.9 Å². The Kier molecular flexibility index (Phi) is 5.05. The second-order valence-corrected chi connectivity index (χ2v) is 6.79. The Hall–Kier alpha value is -1.76. The zero-order valence-corrected chi connectivity index (χ0v) is 14.3. The highest BCUT2D eigenvalue weighted by Gasteiger charge is 2.30. The number of hydrogen-bond donors (Lipinski definition) is 1. The van der Waals surface area contributed by atoms with Crippen molar-refractivity contribution in [3.63, 3.8) is 0 Å². The normalized spacial score (nSPS) is 17.8. The van der Waals surface area contributed by atoms with Crippen molar-refractivity contribution in [3.8, 4) is 0 Å². The number of nitrogens with zero attached hydrogens (tertiary/aromatic N) is 3. The number of carbonyl (C=O) groups excluding carboxylic acids is 1. The highest BCUT2D eigenvalue weighted by Crippen LogP contribution is 2.25. The summed E-state index contributed by atoms with van der Waals surface area (Å²) < 4.78 is 0. The summed E-state index contributed by atoms with van der Waals surface area (Å²) in [7, 11) is 2.12. The highest BCUT2D eigenvalue weighted by molar-refractivity contribution is 7.13. The number of benzene rings is 1. The Morgan fingerprint density at radius 1 is 1.22 bits per heavy atom. The number of rotatable bonds is 4. The van der Waals surface area contributed by atoms with Gasteiger partial charge in [0.1, 0.15) is 6.04 Å². The number of anilines is 1. The first-order valence-electron chi connectivity index (χ1n) is 7.84. The van der Waals surface area contributed by atoms with Gasteiger partial charge in [-0.1, -0.05) is 30.3 Å². The molecule has 1 aromatic carbocycles. The largest absolute Gasteiger partial charge is 0.304 e. The van der Waals surface area contributed by atoms with Crippen LogP contribution in [0.5, 0.6) is 0 Å². The Morgan fingerprint density at radius 3 is 2.52 bits per heavy atom. The van der Waals surface area contributed by atoms with Crippen molar-refractivity contribution < 1.29 is 4.79 Å². The number of hydrogen-bond acceptors (Lipinski definition) is 5. The smallest absolute Gasteiger partial charge is 0.248 e. The fourth-order valence-electron chi connectivity index (χ4n) is 2.83. The summed E-state index contributed by atoms with van der Waals surface area (Å²) >= 11 is 1.47. The zero-order chi connectivity index (χ0) is 16.2. The zero-order valence-electron chi connectivity index (χ0n) is 13.5. The molecule has 1 atom stereocenters. The van der Waals surface area contributed by atoms with Crippen LogP contribution in [0, 0.1) is 6.92 Å². The Morgan fingerprint density at radius 2 is 1.91 bits per heavy atom. The predicted octanol–water partition coefficient (Wildman–Crippen LogP) is 2.38. The van der Waals surface area contributed by atoms with E-state index in [0.29, 0.717) is 5.13 Å². The van der Waals surface area contributed by atoms with Crippen LogP contribution in [0.1, 0.15) is 17.3 Å². The lowest BCUT2D eigenvalue weighted by molar-refractivity contribution is -0.122. The molecule has 5 nitrogen and oxygen atoms in total. The van der Waals surface area contributed by atoms with Gasteiger partial charge in [0.05, 0.1) is 5.69 Å². The third-order valence-corrected chi connectivity index (χ3v) is 4.99. The number of piperazine rings is 1. The molecule has 0 spiro atoms. The molecule has 1 aromatic heterocycles. The summed E-state index contributed by atoms with van der Waals surface area (Å²) in [5, 5.41) is 5.60. The number of carbonyl (C=O) groups is 1. The minimum atomic E-state index is -0.269. The minimum absolute atomic E-state index is 0.00453. The molecule has 122 valence electrons. The number of thiazole rings is 1. The van der Waals surface area contributed by atoms with E-state index in [1.807, 2.05) is 42.6 Å². The van der Waals surface area contributed by atoms with Crippen LogP contribution < -0.4 is 5.32 Å². The summed E-state index contributed by atoms with van der Waals surface area (Å²) in [6.07, 6.45) is 0. The monoisotopic (exact) mass is 330 g/mol. The first-order valence-corrected chi connectivity index (χ1v) is 8.72. The second-order valence-electron chi connectivity index (χ2n) is 5.94. The van der Waals surface area contributed by atoms with Gasteiger partial charge in [-0.25, -0.2) is 4.98 Å². The molecule has 0 saturated carbocycles. The lowest BCUT2D eigenvalue weighted by Crippen LogP contribution is -2.48. The average molecular weight is 330 g/mol. The number of aromatic nitrogens is 1. The van der Waals surface area contributed by atoms with Crippen LogP contribution in [0.3, 0.4) is 0 Å². The summed E-state index contributed by atoms with van der Waals surface area (Å²) in [4.78, 5) is 21.8. The number of likely N-dealkylation sites (N-methyl/N-ethyl adjacent to an activating group) is 1. The fourth-order valence-corrected chi connectivity index (χ4v) is 3.52. The molecule has 2 aromatic rings. The molecule has 1 aliphatic heterocycles. The maximum Gasteiger partial charge on any atom is 0.248 e. The molecule has 0 bridgehead atoms. The van der Waals surface area contributed by atoms with Gasteiger partial charge in [-0.05, 0) is 19.5 Å². The molecule has 2 heterocycles. The van der Waals surface area contributed by atoms with E-state index in [-0.39, 0.29) is 11.9 Å². The molecule has 1 fully saturated rings. The van der Waals surface area contributed by atoms with Crippen LogP contribution in [-0.2, 0) is 4.79 Å². The average Bonchev–Trinajstić information content (AvgIpc) is 2.95. The van der Waals surface area contributed by atoms with Crippen molar-refractivity contribution in [3.05, 3.63) is 47.0 Å². The van der Waals surface area contributed by atoms with E-state index < -0.39 is 0 Å². The van der Waals surface area contributed by atoms with Crippen molar-refractivity contribution in [2.45, 2.75) is 13.0 Å². The van der Waals surface area contributed by atoms with E-state index >= 15 is 0 Å². The van der Waals surface area contributed by atoms with Crippen LogP contribution in [0.15, 0.2) is 35.7 Å². The fraction of sp³-hybridized carbons (Fsp3) is 0.412. The van der Waals surface area contributed by atoms with E-state index in [1.165, 1.54) is 11.3 Å². The second kappa shape index (κ2) is 7.21. The van der Waals surface area contributed by atoms with Gasteiger partial charge in [-0.3, -0.25) is 9.69 Å². The first kappa shape index (κ1) is 16.1. The minimum Gasteiger partial charge on any atom is -0.304 e. The lowest BCUT2D eigenvalue weighted by Gasteiger charge is -2.37. The van der Waals surface area contributed by atoms with Gasteiger partial charge in [0, 0.05) is 31.6 Å². The molecule has 6 heteroatoms. The highest BCUT2D eigenvalue weighted by atomic mass is 32.1. The Labute approximate surface area is 140 Å². The van der Waals surface area contributed by atoms with Gasteiger partial charge in [0.25, 0.3) is 0 Å². The molecule has 23 heavy (non-hydrogen) atoms. The predicted molar refractivity (Wildman–Crippen MR) is 93.7 cm³/mol. The maximum absolute atomic E-state index is 12.9. The van der Waals surface area contributed by atoms with Crippen molar-refractivity contribution in [2.75, 3.05) is 38.5 Å². The van der Waals surface area contributed by atoms with Crippen molar-refractivity contribution >= 4 is 22.4 Å². The van der Waals surface area contributed by atoms with E-state index in [2.05, 4.69) is 27.1 Å². The van der Waals surface area contributed by atoms with E-state index in [9.17, 15) is 4.79 Å². The molecule has 1 saturated heterocycles. The number of nitrogens with one attached hydrogen (secondary N) is 1. The Balaban J connectivity index is 1.81. The van der Waals surface area contributed by atoms with Gasteiger partial charge < -0.3 is 10.2 Å². The van der Waals surface area contributed by atoms with Gasteiger partial charge in [0.15, 0.2) is 5.13 Å². The SMILES string of the molecule is Cc1csc(NC(=O)[C@H](c2ccccc2)N2CCN(C)CC2)n1. The quantitative estimate of drug-likeness (QED) is 0.935. The standard InChI is InChI=1S/C17H22N4OS/c1-13-12-23-17(18-13)19-16(22)15(14-6-4-3-5-7-14)21-10-8-20(2)9-11-21/h3-7,12,15H,8-11H2,1-2H3,(H,18,19,22)/t15-/m0/s1. The van der Waals surface area contributed by atoms with Crippen molar-refractivity contribution in [1.82, 2.24) is 14.8 Å². The summed E-state index contributed by atoms with van der Waals surface area (Å²) in [6.45, 7) is 5.67. The van der Waals surface area contributed by atoms with Gasteiger partial charge in [0.2, 0.25) is 5.91 Å². The molecule has 0 aliphatic carbocycles. The summed E-state index contributed by atoms with van der Waals surface area (Å²) in [5.74, 6) is -0.00453. The number of aryl methyl sites for hydroxylation is 1. The summed E-state index contributed by atoms with van der Waals surface area (Å²) in [6, 6.07) is 9.73. The van der Waals surface area contributed by atoms with E-state index in [0.717, 1.165) is 37.4 Å². The van der Waals surface area contributed by atoms with Crippen molar-refractivity contribution in [2.24, 2.45) is 0 Å². The van der Waals surface area contributed by atoms with Crippen molar-refractivity contribution in [1.29, 1.82) is 0 Å². The topological polar surface area (TPSA) is 48.5 Å². The number of amides is 1. The molecule has 3 rings (SSSR count). The molecule has 1 aliphatic rings. The Bertz CT molecular complexity index is 650. The first-order chi connectivity index (χ1) is 11.1. The molecular weight excluding hydrogens is 308 g/mol. The van der Waals surface area contributed by atoms with Crippen LogP contribution in [0.25, 0.3) is 0 Å². The van der Waals surface area contributed by atoms with Gasteiger partial charge >= 0.3 is 0 Å². The van der Waals surface area contributed by atoms with Gasteiger partial charge in [-0.2, -0.15) is 0 Å². The molecule has 0 radical (unpaired) electrons.